The van der Waals surface area contributed by atoms with Crippen molar-refractivity contribution in [1.82, 2.24) is 4.90 Å². The number of ether oxygens (including phenoxy) is 1. The van der Waals surface area contributed by atoms with E-state index in [0.717, 1.165) is 18.2 Å². The normalized spacial score (nSPS) is 10.3. The summed E-state index contributed by atoms with van der Waals surface area (Å²) in [6.07, 6.45) is 0. The summed E-state index contributed by atoms with van der Waals surface area (Å²) in [6.45, 7) is 0.565. The highest BCUT2D eigenvalue weighted by molar-refractivity contribution is 6.30. The number of likely N-dealkylation sites (N-methyl/N-ethyl adjacent to an activating group) is 1. The number of anilines is 1. The van der Waals surface area contributed by atoms with Gasteiger partial charge in [-0.2, -0.15) is 0 Å². The van der Waals surface area contributed by atoms with Gasteiger partial charge in [0.05, 0.1) is 6.54 Å². The molecule has 7 heteroatoms. The Morgan fingerprint density at radius 1 is 1.17 bits per heavy atom. The maximum absolute atomic E-state index is 13.1. The lowest BCUT2D eigenvalue weighted by Gasteiger charge is -2.18. The molecule has 2 amide bonds. The second-order valence-electron chi connectivity index (χ2n) is 4.81. The molecule has 2 aromatic rings. The maximum Gasteiger partial charge on any atom is 0.321 e. The van der Waals surface area contributed by atoms with Crippen LogP contribution < -0.4 is 10.1 Å². The molecular formula is C16H15ClF2N2O2. The van der Waals surface area contributed by atoms with Crippen molar-refractivity contribution < 1.29 is 18.3 Å². The Labute approximate surface area is 137 Å². The van der Waals surface area contributed by atoms with E-state index < -0.39 is 17.7 Å². The first-order valence-corrected chi connectivity index (χ1v) is 7.18. The van der Waals surface area contributed by atoms with Crippen molar-refractivity contribution in [2.45, 2.75) is 0 Å². The number of halogens is 3. The summed E-state index contributed by atoms with van der Waals surface area (Å²) in [5, 5.41) is 3.02. The van der Waals surface area contributed by atoms with Gasteiger partial charge in [0.15, 0.2) is 0 Å². The van der Waals surface area contributed by atoms with Gasteiger partial charge >= 0.3 is 6.03 Å². The van der Waals surface area contributed by atoms with Gasteiger partial charge in [-0.05, 0) is 36.4 Å². The molecule has 0 aliphatic carbocycles. The first kappa shape index (κ1) is 17.0. The highest BCUT2D eigenvalue weighted by atomic mass is 35.5. The summed E-state index contributed by atoms with van der Waals surface area (Å²) in [5.41, 5.74) is 0.0537. The largest absolute Gasteiger partial charge is 0.492 e. The van der Waals surface area contributed by atoms with Gasteiger partial charge in [0.1, 0.15) is 24.0 Å². The van der Waals surface area contributed by atoms with Crippen molar-refractivity contribution in [2.24, 2.45) is 0 Å². The van der Waals surface area contributed by atoms with Gasteiger partial charge in [-0.1, -0.05) is 11.6 Å². The molecule has 0 atom stereocenters. The Morgan fingerprint density at radius 2 is 1.78 bits per heavy atom. The van der Waals surface area contributed by atoms with Crippen LogP contribution in [0.1, 0.15) is 0 Å². The summed E-state index contributed by atoms with van der Waals surface area (Å²) < 4.78 is 31.6. The number of hydrogen-bond acceptors (Lipinski definition) is 2. The zero-order valence-electron chi connectivity index (χ0n) is 12.4. The second-order valence-corrected chi connectivity index (χ2v) is 5.25. The number of nitrogens with zero attached hydrogens (tertiary/aromatic N) is 1. The lowest BCUT2D eigenvalue weighted by molar-refractivity contribution is 0.207. The molecule has 23 heavy (non-hydrogen) atoms. The Hall–Kier alpha value is -2.34. The van der Waals surface area contributed by atoms with Crippen LogP contribution in [0.3, 0.4) is 0 Å². The Balaban J connectivity index is 1.81. The Morgan fingerprint density at radius 3 is 2.39 bits per heavy atom. The van der Waals surface area contributed by atoms with Crippen LogP contribution in [0.2, 0.25) is 5.02 Å². The molecule has 0 unspecified atom stereocenters. The molecular weight excluding hydrogens is 326 g/mol. The van der Waals surface area contributed by atoms with E-state index in [2.05, 4.69) is 5.32 Å². The number of nitrogens with one attached hydrogen (secondary N) is 1. The highest BCUT2D eigenvalue weighted by Gasteiger charge is 2.10. The number of urea groups is 1. The molecule has 0 spiro atoms. The minimum atomic E-state index is -0.756. The average Bonchev–Trinajstić information content (AvgIpc) is 2.48. The lowest BCUT2D eigenvalue weighted by Crippen LogP contribution is -2.34. The van der Waals surface area contributed by atoms with Gasteiger partial charge in [0, 0.05) is 23.8 Å². The van der Waals surface area contributed by atoms with Crippen molar-refractivity contribution in [2.75, 3.05) is 25.5 Å². The van der Waals surface area contributed by atoms with Gasteiger partial charge in [0.25, 0.3) is 0 Å². The van der Waals surface area contributed by atoms with Gasteiger partial charge < -0.3 is 15.0 Å². The average molecular weight is 341 g/mol. The molecule has 0 saturated heterocycles. The van der Waals surface area contributed by atoms with E-state index in [-0.39, 0.29) is 12.3 Å². The van der Waals surface area contributed by atoms with Crippen LogP contribution in [0.5, 0.6) is 5.75 Å². The number of carbonyl (C=O) groups is 1. The number of carbonyl (C=O) groups excluding carboxylic acids is 1. The molecule has 1 N–H and O–H groups in total. The lowest BCUT2D eigenvalue weighted by atomic mass is 10.3. The van der Waals surface area contributed by atoms with Crippen LogP contribution in [0.25, 0.3) is 0 Å². The van der Waals surface area contributed by atoms with E-state index in [1.807, 2.05) is 0 Å². The third kappa shape index (κ3) is 5.41. The van der Waals surface area contributed by atoms with E-state index >= 15 is 0 Å². The molecule has 0 radical (unpaired) electrons. The van der Waals surface area contributed by atoms with Crippen LogP contribution in [-0.2, 0) is 0 Å². The first-order valence-electron chi connectivity index (χ1n) is 6.80. The van der Waals surface area contributed by atoms with Crippen molar-refractivity contribution in [3.63, 3.8) is 0 Å². The quantitative estimate of drug-likeness (QED) is 0.888. The molecule has 0 aliphatic heterocycles. The number of benzene rings is 2. The summed E-state index contributed by atoms with van der Waals surface area (Å²) in [7, 11) is 1.55. The molecule has 2 aromatic carbocycles. The van der Waals surface area contributed by atoms with Gasteiger partial charge in [-0.3, -0.25) is 0 Å². The molecule has 0 saturated carbocycles. The minimum Gasteiger partial charge on any atom is -0.492 e. The molecule has 0 fully saturated rings. The van der Waals surface area contributed by atoms with Crippen molar-refractivity contribution >= 4 is 23.3 Å². The molecule has 0 aromatic heterocycles. The molecule has 0 bridgehead atoms. The number of hydrogen-bond donors (Lipinski definition) is 1. The van der Waals surface area contributed by atoms with Crippen molar-refractivity contribution in [3.8, 4) is 5.75 Å². The second kappa shape index (κ2) is 7.78. The standard InChI is InChI=1S/C16H15ClF2N2O2/c1-21(6-7-23-15-4-2-11(17)3-5-15)16(22)20-14-9-12(18)8-13(19)10-14/h2-5,8-10H,6-7H2,1H3,(H,20,22). The van der Waals surface area contributed by atoms with E-state index in [0.29, 0.717) is 17.3 Å². The van der Waals surface area contributed by atoms with Crippen molar-refractivity contribution in [3.05, 3.63) is 59.1 Å². The fourth-order valence-corrected chi connectivity index (χ4v) is 1.90. The monoisotopic (exact) mass is 340 g/mol. The van der Waals surface area contributed by atoms with Gasteiger partial charge in [-0.15, -0.1) is 0 Å². The number of amides is 2. The van der Waals surface area contributed by atoms with Crippen molar-refractivity contribution in [1.29, 1.82) is 0 Å². The minimum absolute atomic E-state index is 0.0537. The van der Waals surface area contributed by atoms with Crippen LogP contribution >= 0.6 is 11.6 Å². The van der Waals surface area contributed by atoms with Crippen LogP contribution in [-0.4, -0.2) is 31.1 Å². The van der Waals surface area contributed by atoms with Crippen LogP contribution in [0.15, 0.2) is 42.5 Å². The SMILES string of the molecule is CN(CCOc1ccc(Cl)cc1)C(=O)Nc1cc(F)cc(F)c1. The zero-order valence-corrected chi connectivity index (χ0v) is 13.1. The maximum atomic E-state index is 13.1. The molecule has 0 heterocycles. The van der Waals surface area contributed by atoms with E-state index in [1.54, 1.807) is 31.3 Å². The molecule has 4 nitrogen and oxygen atoms in total. The molecule has 0 aliphatic rings. The first-order chi connectivity index (χ1) is 10.9. The van der Waals surface area contributed by atoms with Crippen LogP contribution in [0, 0.1) is 11.6 Å². The third-order valence-electron chi connectivity index (χ3n) is 2.97. The summed E-state index contributed by atoms with van der Waals surface area (Å²) >= 11 is 5.77. The highest BCUT2D eigenvalue weighted by Crippen LogP contribution is 2.16. The van der Waals surface area contributed by atoms with E-state index in [4.69, 9.17) is 16.3 Å². The van der Waals surface area contributed by atoms with Crippen LogP contribution in [0.4, 0.5) is 19.3 Å². The summed E-state index contributed by atoms with van der Waals surface area (Å²) in [6, 6.07) is 9.17. The predicted octanol–water partition coefficient (Wildman–Crippen LogP) is 4.16. The predicted molar refractivity (Wildman–Crippen MR) is 85.0 cm³/mol. The summed E-state index contributed by atoms with van der Waals surface area (Å²) in [4.78, 5) is 13.3. The summed E-state index contributed by atoms with van der Waals surface area (Å²) in [5.74, 6) is -0.876. The molecule has 122 valence electrons. The fraction of sp³-hybridized carbons (Fsp3) is 0.188. The van der Waals surface area contributed by atoms with Gasteiger partial charge in [0.2, 0.25) is 0 Å². The van der Waals surface area contributed by atoms with Gasteiger partial charge in [-0.25, -0.2) is 13.6 Å². The smallest absolute Gasteiger partial charge is 0.321 e. The topological polar surface area (TPSA) is 41.6 Å². The Bertz CT molecular complexity index is 660. The third-order valence-corrected chi connectivity index (χ3v) is 3.22. The van der Waals surface area contributed by atoms with E-state index in [9.17, 15) is 13.6 Å². The zero-order chi connectivity index (χ0) is 16.8. The Kier molecular flexibility index (Phi) is 5.76. The fourth-order valence-electron chi connectivity index (χ4n) is 1.78. The number of rotatable bonds is 5. The molecule has 2 rings (SSSR count). The van der Waals surface area contributed by atoms with E-state index in [1.165, 1.54) is 4.90 Å².